The highest BCUT2D eigenvalue weighted by Gasteiger charge is 2.33. The molecule has 0 bridgehead atoms. The number of ether oxygens (including phenoxy) is 3. The third-order valence-corrected chi connectivity index (χ3v) is 6.24. The lowest BCUT2D eigenvalue weighted by Crippen LogP contribution is -2.17. The standard InChI is InChI=1S/C26H22Br2F3N3O6/c1-3-9-39-22-7-5-16(12-23(22)38-4-2)25(35)33-32-14-15-10-18(27)24(19(28)11-15)40-21-8-6-17(26(29,30)31)13-20(21)34(36)37/h5-8,10-14H,3-4,9H2,1-2H3,(H,33,35)/b32-14+. The summed E-state index contributed by atoms with van der Waals surface area (Å²) in [6.07, 6.45) is -2.59. The SMILES string of the molecule is CCCOc1ccc(C(=O)N/N=C/c2cc(Br)c(Oc3ccc(C(F)(F)F)cc3[N+](=O)[O-])c(Br)c2)cc1OCC. The van der Waals surface area contributed by atoms with Crippen molar-refractivity contribution in [2.45, 2.75) is 26.4 Å². The number of amides is 1. The summed E-state index contributed by atoms with van der Waals surface area (Å²) in [4.78, 5) is 23.0. The second-order valence-electron chi connectivity index (χ2n) is 8.00. The van der Waals surface area contributed by atoms with Gasteiger partial charge in [-0.15, -0.1) is 0 Å². The monoisotopic (exact) mass is 687 g/mol. The number of nitro groups is 1. The van der Waals surface area contributed by atoms with Crippen LogP contribution in [0.2, 0.25) is 0 Å². The van der Waals surface area contributed by atoms with Gasteiger partial charge in [0.15, 0.2) is 17.2 Å². The van der Waals surface area contributed by atoms with Gasteiger partial charge < -0.3 is 14.2 Å². The Kier molecular flexibility index (Phi) is 10.5. The van der Waals surface area contributed by atoms with Crippen LogP contribution in [0.3, 0.4) is 0 Å². The molecule has 0 heterocycles. The van der Waals surface area contributed by atoms with Gasteiger partial charge in [-0.1, -0.05) is 6.92 Å². The second kappa shape index (κ2) is 13.6. The molecule has 0 aliphatic rings. The van der Waals surface area contributed by atoms with Gasteiger partial charge in [0.2, 0.25) is 5.75 Å². The molecule has 3 aromatic carbocycles. The predicted molar refractivity (Wildman–Crippen MR) is 148 cm³/mol. The van der Waals surface area contributed by atoms with E-state index in [-0.39, 0.29) is 11.5 Å². The van der Waals surface area contributed by atoms with E-state index in [4.69, 9.17) is 14.2 Å². The molecule has 0 fully saturated rings. The maximum atomic E-state index is 13.0. The van der Waals surface area contributed by atoms with Crippen LogP contribution in [-0.4, -0.2) is 30.3 Å². The molecule has 0 radical (unpaired) electrons. The van der Waals surface area contributed by atoms with Gasteiger partial charge in [0, 0.05) is 11.6 Å². The van der Waals surface area contributed by atoms with Gasteiger partial charge >= 0.3 is 11.9 Å². The number of carbonyl (C=O) groups is 1. The smallest absolute Gasteiger partial charge is 0.416 e. The molecular formula is C26H22Br2F3N3O6. The highest BCUT2D eigenvalue weighted by atomic mass is 79.9. The van der Waals surface area contributed by atoms with Gasteiger partial charge in [0.25, 0.3) is 5.91 Å². The number of benzene rings is 3. The number of hydrazone groups is 1. The number of hydrogen-bond acceptors (Lipinski definition) is 7. The van der Waals surface area contributed by atoms with Gasteiger partial charge in [0.1, 0.15) is 0 Å². The van der Waals surface area contributed by atoms with E-state index < -0.39 is 28.3 Å². The van der Waals surface area contributed by atoms with E-state index >= 15 is 0 Å². The lowest BCUT2D eigenvalue weighted by molar-refractivity contribution is -0.385. The molecule has 0 spiro atoms. The molecule has 0 unspecified atom stereocenters. The van der Waals surface area contributed by atoms with E-state index in [1.165, 1.54) is 6.21 Å². The summed E-state index contributed by atoms with van der Waals surface area (Å²) in [5, 5.41) is 15.3. The van der Waals surface area contributed by atoms with Crippen molar-refractivity contribution in [2.75, 3.05) is 13.2 Å². The number of nitro benzene ring substituents is 1. The molecule has 0 aliphatic heterocycles. The summed E-state index contributed by atoms with van der Waals surface area (Å²) < 4.78 is 56.4. The maximum absolute atomic E-state index is 13.0. The molecule has 212 valence electrons. The Morgan fingerprint density at radius 1 is 1.02 bits per heavy atom. The minimum Gasteiger partial charge on any atom is -0.490 e. The summed E-state index contributed by atoms with van der Waals surface area (Å²) in [5.41, 5.74) is 1.19. The van der Waals surface area contributed by atoms with Crippen molar-refractivity contribution in [3.8, 4) is 23.0 Å². The zero-order chi connectivity index (χ0) is 29.4. The van der Waals surface area contributed by atoms with Crippen LogP contribution in [0, 0.1) is 10.1 Å². The van der Waals surface area contributed by atoms with Crippen molar-refractivity contribution in [3.63, 3.8) is 0 Å². The molecule has 3 rings (SSSR count). The normalized spacial score (nSPS) is 11.4. The Morgan fingerprint density at radius 3 is 2.30 bits per heavy atom. The fraction of sp³-hybridized carbons (Fsp3) is 0.231. The molecule has 14 heteroatoms. The quantitative estimate of drug-likeness (QED) is 0.125. The topological polar surface area (TPSA) is 112 Å². The fourth-order valence-corrected chi connectivity index (χ4v) is 4.65. The lowest BCUT2D eigenvalue weighted by Gasteiger charge is -2.13. The molecule has 0 atom stereocenters. The van der Waals surface area contributed by atoms with Gasteiger partial charge in [-0.2, -0.15) is 18.3 Å². The van der Waals surface area contributed by atoms with Crippen molar-refractivity contribution in [1.29, 1.82) is 0 Å². The fourth-order valence-electron chi connectivity index (χ4n) is 3.26. The minimum absolute atomic E-state index is 0.0814. The number of halogens is 5. The Morgan fingerprint density at radius 2 is 1.70 bits per heavy atom. The first-order valence-electron chi connectivity index (χ1n) is 11.7. The minimum atomic E-state index is -4.75. The summed E-state index contributed by atoms with van der Waals surface area (Å²) >= 11 is 6.58. The lowest BCUT2D eigenvalue weighted by atomic mass is 10.2. The van der Waals surface area contributed by atoms with Crippen LogP contribution in [0.1, 0.15) is 41.8 Å². The number of nitrogens with one attached hydrogen (secondary N) is 1. The van der Waals surface area contributed by atoms with Crippen LogP contribution in [0.25, 0.3) is 0 Å². The van der Waals surface area contributed by atoms with E-state index in [1.54, 1.807) is 30.3 Å². The largest absolute Gasteiger partial charge is 0.490 e. The van der Waals surface area contributed by atoms with Crippen LogP contribution in [0.5, 0.6) is 23.0 Å². The summed E-state index contributed by atoms with van der Waals surface area (Å²) in [6, 6.07) is 9.84. The van der Waals surface area contributed by atoms with Crippen LogP contribution in [0.4, 0.5) is 18.9 Å². The van der Waals surface area contributed by atoms with Gasteiger partial charge in [-0.3, -0.25) is 14.9 Å². The van der Waals surface area contributed by atoms with Crippen molar-refractivity contribution >= 4 is 49.7 Å². The third-order valence-electron chi connectivity index (χ3n) is 5.06. The van der Waals surface area contributed by atoms with E-state index in [0.29, 0.717) is 56.9 Å². The third kappa shape index (κ3) is 7.94. The number of alkyl halides is 3. The predicted octanol–water partition coefficient (Wildman–Crippen LogP) is 7.88. The van der Waals surface area contributed by atoms with E-state index in [0.717, 1.165) is 12.5 Å². The van der Waals surface area contributed by atoms with E-state index in [1.807, 2.05) is 13.8 Å². The Hall–Kier alpha value is -3.65. The zero-order valence-electron chi connectivity index (χ0n) is 21.1. The van der Waals surface area contributed by atoms with Crippen molar-refractivity contribution in [1.82, 2.24) is 5.43 Å². The highest BCUT2D eigenvalue weighted by molar-refractivity contribution is 9.11. The maximum Gasteiger partial charge on any atom is 0.416 e. The number of rotatable bonds is 11. The molecule has 3 aromatic rings. The Bertz CT molecular complexity index is 1410. The first-order chi connectivity index (χ1) is 18.9. The zero-order valence-corrected chi connectivity index (χ0v) is 24.2. The number of nitrogens with zero attached hydrogens (tertiary/aromatic N) is 2. The van der Waals surface area contributed by atoms with Gasteiger partial charge in [0.05, 0.1) is 38.9 Å². The van der Waals surface area contributed by atoms with Crippen molar-refractivity contribution in [3.05, 3.63) is 84.3 Å². The average molecular weight is 689 g/mol. The average Bonchev–Trinajstić information content (AvgIpc) is 2.89. The Labute approximate surface area is 243 Å². The summed E-state index contributed by atoms with van der Waals surface area (Å²) in [7, 11) is 0. The van der Waals surface area contributed by atoms with E-state index in [2.05, 4.69) is 42.4 Å². The molecular weight excluding hydrogens is 667 g/mol. The molecule has 0 saturated heterocycles. The van der Waals surface area contributed by atoms with Crippen LogP contribution >= 0.6 is 31.9 Å². The van der Waals surface area contributed by atoms with E-state index in [9.17, 15) is 28.1 Å². The van der Waals surface area contributed by atoms with Crippen molar-refractivity contribution in [2.24, 2.45) is 5.10 Å². The molecule has 0 aromatic heterocycles. The molecule has 40 heavy (non-hydrogen) atoms. The second-order valence-corrected chi connectivity index (χ2v) is 9.70. The molecule has 1 amide bonds. The number of carbonyl (C=O) groups excluding carboxylic acids is 1. The summed E-state index contributed by atoms with van der Waals surface area (Å²) in [6.45, 7) is 4.69. The Balaban J connectivity index is 1.76. The highest BCUT2D eigenvalue weighted by Crippen LogP contribution is 2.42. The first-order valence-corrected chi connectivity index (χ1v) is 13.3. The van der Waals surface area contributed by atoms with Crippen LogP contribution in [0.15, 0.2) is 62.6 Å². The molecule has 1 N–H and O–H groups in total. The van der Waals surface area contributed by atoms with Gasteiger partial charge in [-0.05, 0) is 93.2 Å². The van der Waals surface area contributed by atoms with Crippen LogP contribution < -0.4 is 19.6 Å². The first kappa shape index (κ1) is 30.9. The van der Waals surface area contributed by atoms with Crippen molar-refractivity contribution < 1.29 is 37.1 Å². The number of hydrogen-bond donors (Lipinski definition) is 1. The molecule has 0 saturated carbocycles. The molecule has 9 nitrogen and oxygen atoms in total. The summed E-state index contributed by atoms with van der Waals surface area (Å²) in [5.74, 6) is 0.169. The van der Waals surface area contributed by atoms with Gasteiger partial charge in [-0.25, -0.2) is 5.43 Å². The van der Waals surface area contributed by atoms with Crippen LogP contribution in [-0.2, 0) is 6.18 Å². The molecule has 0 aliphatic carbocycles.